The van der Waals surface area contributed by atoms with Crippen molar-refractivity contribution in [2.24, 2.45) is 5.92 Å². The highest BCUT2D eigenvalue weighted by Crippen LogP contribution is 2.36. The molecule has 5 heteroatoms. The summed E-state index contributed by atoms with van der Waals surface area (Å²) in [5.74, 6) is 1.11. The molecule has 1 saturated heterocycles. The number of hydrogen-bond donors (Lipinski definition) is 1. The van der Waals surface area contributed by atoms with E-state index in [1.807, 2.05) is 54.6 Å². The van der Waals surface area contributed by atoms with Gasteiger partial charge in [-0.05, 0) is 36.5 Å². The van der Waals surface area contributed by atoms with Crippen molar-refractivity contribution in [1.29, 1.82) is 0 Å². The van der Waals surface area contributed by atoms with Crippen molar-refractivity contribution < 1.29 is 9.52 Å². The molecule has 0 aliphatic carbocycles. The van der Waals surface area contributed by atoms with Gasteiger partial charge in [-0.2, -0.15) is 0 Å². The number of hydrogen-bond acceptors (Lipinski definition) is 5. The fourth-order valence-electron chi connectivity index (χ4n) is 4.09. The van der Waals surface area contributed by atoms with Gasteiger partial charge in [0.1, 0.15) is 17.4 Å². The Balaban J connectivity index is 1.40. The average molecular weight is 359 g/mol. The number of aromatic nitrogens is 2. The Morgan fingerprint density at radius 2 is 1.70 bits per heavy atom. The zero-order valence-corrected chi connectivity index (χ0v) is 15.0. The van der Waals surface area contributed by atoms with Crippen LogP contribution in [-0.4, -0.2) is 28.2 Å². The lowest BCUT2D eigenvalue weighted by Gasteiger charge is -2.34. The van der Waals surface area contributed by atoms with Crippen LogP contribution >= 0.6 is 0 Å². The quantitative estimate of drug-likeness (QED) is 0.590. The fraction of sp³-hybridized carbons (Fsp3) is 0.273. The first-order chi connectivity index (χ1) is 13.3. The van der Waals surface area contributed by atoms with E-state index in [9.17, 15) is 5.11 Å². The van der Waals surface area contributed by atoms with E-state index in [-0.39, 0.29) is 5.92 Å². The molecule has 0 saturated carbocycles. The number of piperidine rings is 1. The Hall–Kier alpha value is -2.92. The minimum Gasteiger partial charge on any atom is -0.450 e. The van der Waals surface area contributed by atoms with Crippen LogP contribution < -0.4 is 4.90 Å². The monoisotopic (exact) mass is 359 g/mol. The maximum absolute atomic E-state index is 10.7. The van der Waals surface area contributed by atoms with Crippen LogP contribution in [-0.2, 0) is 0 Å². The van der Waals surface area contributed by atoms with Gasteiger partial charge in [-0.3, -0.25) is 0 Å². The second kappa shape index (κ2) is 6.67. The molecule has 0 radical (unpaired) electrons. The van der Waals surface area contributed by atoms with Crippen LogP contribution in [0.5, 0.6) is 0 Å². The third-order valence-corrected chi connectivity index (χ3v) is 5.57. The first-order valence-corrected chi connectivity index (χ1v) is 9.41. The standard InChI is InChI=1S/C22H21N3O2/c26-20(15-6-2-1-3-7-15)16-10-12-25(13-11-16)22-21-19(23-14-24-22)17-8-4-5-9-18(17)27-21/h1-9,14,16,20,26H,10-13H2. The van der Waals surface area contributed by atoms with Crippen molar-refractivity contribution in [3.8, 4) is 0 Å². The van der Waals surface area contributed by atoms with Gasteiger partial charge >= 0.3 is 0 Å². The van der Waals surface area contributed by atoms with Gasteiger partial charge in [0.05, 0.1) is 6.10 Å². The zero-order chi connectivity index (χ0) is 18.2. The normalized spacial score (nSPS) is 16.9. The van der Waals surface area contributed by atoms with Crippen LogP contribution in [0.4, 0.5) is 5.82 Å². The summed E-state index contributed by atoms with van der Waals surface area (Å²) in [6.07, 6.45) is 3.04. The van der Waals surface area contributed by atoms with E-state index in [0.29, 0.717) is 0 Å². The molecule has 3 heterocycles. The van der Waals surface area contributed by atoms with Crippen LogP contribution in [0.15, 0.2) is 65.3 Å². The number of benzene rings is 2. The highest BCUT2D eigenvalue weighted by molar-refractivity contribution is 6.05. The van der Waals surface area contributed by atoms with Gasteiger partial charge in [-0.1, -0.05) is 42.5 Å². The summed E-state index contributed by atoms with van der Waals surface area (Å²) >= 11 is 0. The lowest BCUT2D eigenvalue weighted by molar-refractivity contribution is 0.0929. The molecule has 2 aromatic carbocycles. The molecule has 5 nitrogen and oxygen atoms in total. The van der Waals surface area contributed by atoms with E-state index >= 15 is 0 Å². The molecule has 1 atom stereocenters. The predicted molar refractivity (Wildman–Crippen MR) is 106 cm³/mol. The van der Waals surface area contributed by atoms with Gasteiger partial charge in [0.2, 0.25) is 0 Å². The zero-order valence-electron chi connectivity index (χ0n) is 15.0. The summed E-state index contributed by atoms with van der Waals surface area (Å²) in [7, 11) is 0. The predicted octanol–water partition coefficient (Wildman–Crippen LogP) is 4.33. The van der Waals surface area contributed by atoms with Gasteiger partial charge in [-0.25, -0.2) is 9.97 Å². The largest absolute Gasteiger partial charge is 0.450 e. The highest BCUT2D eigenvalue weighted by atomic mass is 16.3. The summed E-state index contributed by atoms with van der Waals surface area (Å²) in [4.78, 5) is 11.2. The first kappa shape index (κ1) is 16.3. The molecule has 1 aliphatic heterocycles. The molecule has 1 aliphatic rings. The molecule has 136 valence electrons. The second-order valence-electron chi connectivity index (χ2n) is 7.15. The SMILES string of the molecule is OC(c1ccccc1)C1CCN(c2ncnc3c2oc2ccccc23)CC1. The van der Waals surface area contributed by atoms with Crippen LogP contribution in [0, 0.1) is 5.92 Å². The molecule has 27 heavy (non-hydrogen) atoms. The van der Waals surface area contributed by atoms with Crippen LogP contribution in [0.25, 0.3) is 22.1 Å². The maximum atomic E-state index is 10.7. The van der Waals surface area contributed by atoms with Gasteiger partial charge in [0.15, 0.2) is 11.4 Å². The molecule has 0 bridgehead atoms. The topological polar surface area (TPSA) is 62.4 Å². The molecule has 1 N–H and O–H groups in total. The summed E-state index contributed by atoms with van der Waals surface area (Å²) in [6.45, 7) is 1.69. The lowest BCUT2D eigenvalue weighted by Crippen LogP contribution is -2.36. The number of fused-ring (bicyclic) bond motifs is 3. The number of nitrogens with zero attached hydrogens (tertiary/aromatic N) is 3. The van der Waals surface area contributed by atoms with Crippen LogP contribution in [0.1, 0.15) is 24.5 Å². The molecule has 0 spiro atoms. The first-order valence-electron chi connectivity index (χ1n) is 9.41. The molecular formula is C22H21N3O2. The Labute approximate surface area is 157 Å². The number of para-hydroxylation sites is 1. The van der Waals surface area contributed by atoms with Gasteiger partial charge in [0, 0.05) is 18.5 Å². The van der Waals surface area contributed by atoms with Crippen LogP contribution in [0.2, 0.25) is 0 Å². The van der Waals surface area contributed by atoms with Gasteiger partial charge in [0.25, 0.3) is 0 Å². The second-order valence-corrected chi connectivity index (χ2v) is 7.15. The van der Waals surface area contributed by atoms with E-state index in [1.54, 1.807) is 6.33 Å². The van der Waals surface area contributed by atoms with Crippen LogP contribution in [0.3, 0.4) is 0 Å². The minimum absolute atomic E-state index is 0.261. The number of rotatable bonds is 3. The molecule has 5 rings (SSSR count). The molecule has 2 aromatic heterocycles. The Bertz CT molecular complexity index is 1070. The van der Waals surface area contributed by atoms with E-state index < -0.39 is 6.10 Å². The third kappa shape index (κ3) is 2.84. The van der Waals surface area contributed by atoms with Crippen molar-refractivity contribution in [3.63, 3.8) is 0 Å². The van der Waals surface area contributed by atoms with E-state index in [0.717, 1.165) is 59.4 Å². The van der Waals surface area contributed by atoms with Crippen molar-refractivity contribution in [3.05, 3.63) is 66.5 Å². The van der Waals surface area contributed by atoms with Gasteiger partial charge in [-0.15, -0.1) is 0 Å². The summed E-state index contributed by atoms with van der Waals surface area (Å²) in [5, 5.41) is 11.7. The number of furan rings is 1. The van der Waals surface area contributed by atoms with Crippen molar-refractivity contribution in [2.75, 3.05) is 18.0 Å². The highest BCUT2D eigenvalue weighted by Gasteiger charge is 2.28. The number of aliphatic hydroxyl groups excluding tert-OH is 1. The summed E-state index contributed by atoms with van der Waals surface area (Å²) < 4.78 is 6.06. The molecule has 0 amide bonds. The molecule has 4 aromatic rings. The summed E-state index contributed by atoms with van der Waals surface area (Å²) in [6, 6.07) is 17.9. The molecule has 1 unspecified atom stereocenters. The average Bonchev–Trinajstić information content (AvgIpc) is 3.13. The molecular weight excluding hydrogens is 338 g/mol. The van der Waals surface area contributed by atoms with Crippen molar-refractivity contribution in [2.45, 2.75) is 18.9 Å². The Morgan fingerprint density at radius 1 is 0.963 bits per heavy atom. The third-order valence-electron chi connectivity index (χ3n) is 5.57. The minimum atomic E-state index is -0.412. The van der Waals surface area contributed by atoms with Crippen molar-refractivity contribution >= 4 is 27.9 Å². The Kier molecular flexibility index (Phi) is 4.02. The van der Waals surface area contributed by atoms with E-state index in [2.05, 4.69) is 14.9 Å². The smallest absolute Gasteiger partial charge is 0.196 e. The van der Waals surface area contributed by atoms with Gasteiger partial charge < -0.3 is 14.4 Å². The Morgan fingerprint density at radius 3 is 2.52 bits per heavy atom. The lowest BCUT2D eigenvalue weighted by atomic mass is 9.87. The fourth-order valence-corrected chi connectivity index (χ4v) is 4.09. The summed E-state index contributed by atoms with van der Waals surface area (Å²) in [5.41, 5.74) is 3.45. The molecule has 1 fully saturated rings. The van der Waals surface area contributed by atoms with Crippen molar-refractivity contribution in [1.82, 2.24) is 9.97 Å². The number of anilines is 1. The maximum Gasteiger partial charge on any atom is 0.196 e. The van der Waals surface area contributed by atoms with E-state index in [1.165, 1.54) is 0 Å². The van der Waals surface area contributed by atoms with E-state index in [4.69, 9.17) is 4.42 Å². The number of aliphatic hydroxyl groups is 1.